The molecule has 0 spiro atoms. The van der Waals surface area contributed by atoms with E-state index in [4.69, 9.17) is 0 Å². The number of rotatable bonds is 5. The summed E-state index contributed by atoms with van der Waals surface area (Å²) in [6.45, 7) is 1.28. The van der Waals surface area contributed by atoms with Crippen LogP contribution in [-0.4, -0.2) is 39.7 Å². The lowest BCUT2D eigenvalue weighted by Gasteiger charge is -2.28. The SMILES string of the molecule is Cn1ccnc1[C@@H](OC(=O)c1ccc(N2CCCCC2)c([N+](=O)[O-])c1)C(F)(F)F. The van der Waals surface area contributed by atoms with Gasteiger partial charge in [0.2, 0.25) is 0 Å². The molecular formula is C18H19F3N4O4. The molecule has 1 fully saturated rings. The quantitative estimate of drug-likeness (QED) is 0.422. The van der Waals surface area contributed by atoms with E-state index in [2.05, 4.69) is 9.72 Å². The molecule has 0 bridgehead atoms. The van der Waals surface area contributed by atoms with Gasteiger partial charge in [0.15, 0.2) is 5.82 Å². The normalized spacial score (nSPS) is 15.8. The van der Waals surface area contributed by atoms with E-state index in [9.17, 15) is 28.1 Å². The van der Waals surface area contributed by atoms with E-state index in [-0.39, 0.29) is 11.3 Å². The molecule has 0 saturated carbocycles. The van der Waals surface area contributed by atoms with Crippen molar-refractivity contribution in [2.75, 3.05) is 18.0 Å². The Kier molecular flexibility index (Phi) is 5.76. The Bertz CT molecular complexity index is 907. The second-order valence-corrected chi connectivity index (χ2v) is 6.73. The number of carbonyl (C=O) groups is 1. The molecule has 1 aliphatic heterocycles. The second-order valence-electron chi connectivity index (χ2n) is 6.73. The zero-order chi connectivity index (χ0) is 21.2. The van der Waals surface area contributed by atoms with Crippen molar-refractivity contribution < 1.29 is 27.6 Å². The number of alkyl halides is 3. The standard InChI is InChI=1S/C18H19F3N4O4/c1-23-10-7-22-16(23)15(18(19,20)21)29-17(26)12-5-6-13(14(11-12)25(27)28)24-8-3-2-4-9-24/h5-7,10-11,15H,2-4,8-9H2,1H3/t15-/m1/s1. The molecule has 0 radical (unpaired) electrons. The molecule has 0 amide bonds. The van der Waals surface area contributed by atoms with E-state index in [0.717, 1.165) is 36.1 Å². The van der Waals surface area contributed by atoms with Crippen molar-refractivity contribution >= 4 is 17.3 Å². The topological polar surface area (TPSA) is 90.5 Å². The van der Waals surface area contributed by atoms with Gasteiger partial charge < -0.3 is 14.2 Å². The Morgan fingerprint density at radius 2 is 1.97 bits per heavy atom. The summed E-state index contributed by atoms with van der Waals surface area (Å²) in [4.78, 5) is 28.6. The molecule has 0 N–H and O–H groups in total. The van der Waals surface area contributed by atoms with Crippen LogP contribution in [0.5, 0.6) is 0 Å². The molecule has 3 rings (SSSR count). The summed E-state index contributed by atoms with van der Waals surface area (Å²) >= 11 is 0. The summed E-state index contributed by atoms with van der Waals surface area (Å²) in [5.74, 6) is -1.81. The van der Waals surface area contributed by atoms with E-state index in [0.29, 0.717) is 18.8 Å². The third-order valence-corrected chi connectivity index (χ3v) is 4.72. The fraction of sp³-hybridized carbons (Fsp3) is 0.444. The predicted molar refractivity (Wildman–Crippen MR) is 96.6 cm³/mol. The molecular weight excluding hydrogens is 393 g/mol. The third kappa shape index (κ3) is 4.49. The Hall–Kier alpha value is -3.11. The number of esters is 1. The first-order chi connectivity index (χ1) is 13.7. The molecule has 156 valence electrons. The molecule has 1 aromatic heterocycles. The van der Waals surface area contributed by atoms with Gasteiger partial charge in [-0.25, -0.2) is 9.78 Å². The van der Waals surface area contributed by atoms with Crippen LogP contribution < -0.4 is 4.90 Å². The summed E-state index contributed by atoms with van der Waals surface area (Å²) in [7, 11) is 1.34. The molecule has 8 nitrogen and oxygen atoms in total. The Balaban J connectivity index is 1.89. The molecule has 11 heteroatoms. The maximum Gasteiger partial charge on any atom is 0.432 e. The number of halogens is 3. The minimum Gasteiger partial charge on any atom is -0.441 e. The van der Waals surface area contributed by atoms with Crippen molar-refractivity contribution in [2.45, 2.75) is 31.5 Å². The van der Waals surface area contributed by atoms with Crippen LogP contribution >= 0.6 is 0 Å². The van der Waals surface area contributed by atoms with Crippen LogP contribution in [-0.2, 0) is 11.8 Å². The first-order valence-corrected chi connectivity index (χ1v) is 8.97. The molecule has 2 aromatic rings. The van der Waals surface area contributed by atoms with Crippen molar-refractivity contribution in [3.8, 4) is 0 Å². The number of carbonyl (C=O) groups excluding carboxylic acids is 1. The number of nitro benzene ring substituents is 1. The summed E-state index contributed by atoms with van der Waals surface area (Å²) in [5, 5.41) is 11.5. The first kappa shape index (κ1) is 20.6. The third-order valence-electron chi connectivity index (χ3n) is 4.72. The van der Waals surface area contributed by atoms with E-state index in [1.165, 1.54) is 25.4 Å². The smallest absolute Gasteiger partial charge is 0.432 e. The lowest BCUT2D eigenvalue weighted by atomic mass is 10.1. The Labute approximate surface area is 164 Å². The largest absolute Gasteiger partial charge is 0.441 e. The lowest BCUT2D eigenvalue weighted by Crippen LogP contribution is -2.30. The highest BCUT2D eigenvalue weighted by atomic mass is 19.4. The summed E-state index contributed by atoms with van der Waals surface area (Å²) in [6, 6.07) is 3.58. The minimum absolute atomic E-state index is 0.332. The van der Waals surface area contributed by atoms with Gasteiger partial charge in [0.25, 0.3) is 11.8 Å². The van der Waals surface area contributed by atoms with Crippen LogP contribution in [0.2, 0.25) is 0 Å². The number of aromatic nitrogens is 2. The van der Waals surface area contributed by atoms with E-state index in [1.807, 2.05) is 4.90 Å². The van der Waals surface area contributed by atoms with Gasteiger partial charge in [-0.15, -0.1) is 0 Å². The van der Waals surface area contributed by atoms with E-state index >= 15 is 0 Å². The first-order valence-electron chi connectivity index (χ1n) is 8.97. The van der Waals surface area contributed by atoms with Crippen molar-refractivity contribution in [2.24, 2.45) is 7.05 Å². The van der Waals surface area contributed by atoms with Gasteiger partial charge in [-0.3, -0.25) is 10.1 Å². The molecule has 0 aliphatic carbocycles. The number of nitro groups is 1. The molecule has 1 atom stereocenters. The van der Waals surface area contributed by atoms with Gasteiger partial charge >= 0.3 is 12.1 Å². The molecule has 29 heavy (non-hydrogen) atoms. The van der Waals surface area contributed by atoms with Crippen molar-refractivity contribution in [3.05, 3.63) is 52.1 Å². The van der Waals surface area contributed by atoms with Crippen LogP contribution in [0.3, 0.4) is 0 Å². The molecule has 0 unspecified atom stereocenters. The highest BCUT2D eigenvalue weighted by Gasteiger charge is 2.46. The summed E-state index contributed by atoms with van der Waals surface area (Å²) in [6.07, 6.45) is -2.23. The van der Waals surface area contributed by atoms with Gasteiger partial charge in [-0.05, 0) is 31.4 Å². The summed E-state index contributed by atoms with van der Waals surface area (Å²) < 4.78 is 46.0. The zero-order valence-electron chi connectivity index (χ0n) is 15.6. The van der Waals surface area contributed by atoms with Crippen LogP contribution in [0.15, 0.2) is 30.6 Å². The van der Waals surface area contributed by atoms with E-state index in [1.54, 1.807) is 0 Å². The maximum absolute atomic E-state index is 13.4. The van der Waals surface area contributed by atoms with Crippen molar-refractivity contribution in [3.63, 3.8) is 0 Å². The lowest BCUT2D eigenvalue weighted by molar-refractivity contribution is -0.384. The van der Waals surface area contributed by atoms with Gasteiger partial charge in [0, 0.05) is 38.6 Å². The number of hydrogen-bond donors (Lipinski definition) is 0. The number of imidazole rings is 1. The average Bonchev–Trinajstić information content (AvgIpc) is 3.10. The van der Waals surface area contributed by atoms with Crippen LogP contribution in [0.4, 0.5) is 24.5 Å². The highest BCUT2D eigenvalue weighted by molar-refractivity contribution is 5.91. The number of ether oxygens (including phenoxy) is 1. The number of anilines is 1. The average molecular weight is 412 g/mol. The zero-order valence-corrected chi connectivity index (χ0v) is 15.6. The second kappa shape index (κ2) is 8.10. The maximum atomic E-state index is 13.4. The van der Waals surface area contributed by atoms with Gasteiger partial charge in [-0.1, -0.05) is 0 Å². The number of nitrogens with zero attached hydrogens (tertiary/aromatic N) is 4. The van der Waals surface area contributed by atoms with Gasteiger partial charge in [-0.2, -0.15) is 13.2 Å². The fourth-order valence-electron chi connectivity index (χ4n) is 3.27. The minimum atomic E-state index is -4.89. The fourth-order valence-corrected chi connectivity index (χ4v) is 3.27. The van der Waals surface area contributed by atoms with Crippen LogP contribution in [0, 0.1) is 10.1 Å². The van der Waals surface area contributed by atoms with Crippen molar-refractivity contribution in [1.82, 2.24) is 9.55 Å². The van der Waals surface area contributed by atoms with Crippen LogP contribution in [0.1, 0.15) is 41.5 Å². The number of piperidine rings is 1. The number of hydrogen-bond acceptors (Lipinski definition) is 6. The van der Waals surface area contributed by atoms with E-state index < -0.39 is 29.0 Å². The summed E-state index contributed by atoms with van der Waals surface area (Å²) in [5.41, 5.74) is -0.342. The van der Waals surface area contributed by atoms with Gasteiger partial charge in [0.1, 0.15) is 5.69 Å². The molecule has 1 saturated heterocycles. The molecule has 1 aliphatic rings. The van der Waals surface area contributed by atoms with Gasteiger partial charge in [0.05, 0.1) is 10.5 Å². The van der Waals surface area contributed by atoms with Crippen molar-refractivity contribution in [1.29, 1.82) is 0 Å². The van der Waals surface area contributed by atoms with Crippen LogP contribution in [0.25, 0.3) is 0 Å². The Morgan fingerprint density at radius 3 is 2.52 bits per heavy atom. The molecule has 1 aromatic carbocycles. The number of aryl methyl sites for hydroxylation is 1. The highest BCUT2D eigenvalue weighted by Crippen LogP contribution is 2.36. The molecule has 2 heterocycles. The monoisotopic (exact) mass is 412 g/mol. The number of benzene rings is 1. The predicted octanol–water partition coefficient (Wildman–Crippen LogP) is 3.78. The Morgan fingerprint density at radius 1 is 1.28 bits per heavy atom.